The molecular weight excluding hydrogens is 388 g/mol. The van der Waals surface area contributed by atoms with Crippen LogP contribution in [0.1, 0.15) is 23.4 Å². The van der Waals surface area contributed by atoms with Crippen LogP contribution in [-0.4, -0.2) is 40.8 Å². The number of aryl methyl sites for hydroxylation is 1. The standard InChI is InChI=1S/C18H19ClN4O3S/c1-11-14(27-17(21-11)12-4-2-3-5-13(12)19)10-20-15(24)6-8-23-9-7-16(25)22-18(23)26/h2-5H,6-10H2,1H3,(H,20,24)(H,22,25,26). The third-order valence-corrected chi connectivity index (χ3v) is 5.71. The van der Waals surface area contributed by atoms with Gasteiger partial charge in [-0.15, -0.1) is 11.3 Å². The van der Waals surface area contributed by atoms with E-state index >= 15 is 0 Å². The van der Waals surface area contributed by atoms with Gasteiger partial charge in [-0.05, 0) is 13.0 Å². The first-order valence-electron chi connectivity index (χ1n) is 8.50. The molecule has 1 fully saturated rings. The summed E-state index contributed by atoms with van der Waals surface area (Å²) in [6, 6.07) is 7.06. The predicted molar refractivity (Wildman–Crippen MR) is 103 cm³/mol. The molecule has 0 unspecified atom stereocenters. The molecule has 4 amide bonds. The normalized spacial score (nSPS) is 14.2. The first-order valence-corrected chi connectivity index (χ1v) is 9.70. The molecule has 1 aromatic carbocycles. The maximum atomic E-state index is 12.1. The molecule has 9 heteroatoms. The molecule has 1 saturated heterocycles. The van der Waals surface area contributed by atoms with E-state index in [-0.39, 0.29) is 31.2 Å². The third-order valence-electron chi connectivity index (χ3n) is 4.19. The number of benzene rings is 1. The predicted octanol–water partition coefficient (Wildman–Crippen LogP) is 2.72. The van der Waals surface area contributed by atoms with Crippen molar-refractivity contribution in [3.05, 3.63) is 39.9 Å². The van der Waals surface area contributed by atoms with Crippen LogP contribution in [0.5, 0.6) is 0 Å². The van der Waals surface area contributed by atoms with Gasteiger partial charge in [0.1, 0.15) is 5.01 Å². The van der Waals surface area contributed by atoms with Crippen LogP contribution >= 0.6 is 22.9 Å². The molecule has 0 atom stereocenters. The molecule has 7 nitrogen and oxygen atoms in total. The van der Waals surface area contributed by atoms with Crippen molar-refractivity contribution in [2.45, 2.75) is 26.3 Å². The van der Waals surface area contributed by atoms with Crippen LogP contribution in [0.25, 0.3) is 10.6 Å². The average molecular weight is 407 g/mol. The van der Waals surface area contributed by atoms with E-state index in [1.165, 1.54) is 16.2 Å². The van der Waals surface area contributed by atoms with Crippen molar-refractivity contribution in [2.24, 2.45) is 0 Å². The number of rotatable bonds is 6. The van der Waals surface area contributed by atoms with Crippen molar-refractivity contribution in [3.63, 3.8) is 0 Å². The van der Waals surface area contributed by atoms with Gasteiger partial charge in [-0.25, -0.2) is 9.78 Å². The van der Waals surface area contributed by atoms with Crippen LogP contribution in [0.15, 0.2) is 24.3 Å². The number of nitrogens with one attached hydrogen (secondary N) is 2. The number of carbonyl (C=O) groups is 3. The Labute approximate surface area is 165 Å². The van der Waals surface area contributed by atoms with Crippen LogP contribution in [-0.2, 0) is 16.1 Å². The number of hydrogen-bond donors (Lipinski definition) is 2. The Morgan fingerprint density at radius 3 is 2.89 bits per heavy atom. The Balaban J connectivity index is 1.53. The van der Waals surface area contributed by atoms with Gasteiger partial charge < -0.3 is 10.2 Å². The molecule has 0 aliphatic carbocycles. The maximum absolute atomic E-state index is 12.1. The fraction of sp³-hybridized carbons (Fsp3) is 0.333. The number of thiazole rings is 1. The number of halogens is 1. The van der Waals surface area contributed by atoms with E-state index in [1.807, 2.05) is 31.2 Å². The second kappa shape index (κ2) is 8.49. The Morgan fingerprint density at radius 1 is 1.37 bits per heavy atom. The van der Waals surface area contributed by atoms with Crippen LogP contribution in [0, 0.1) is 6.92 Å². The summed E-state index contributed by atoms with van der Waals surface area (Å²) in [7, 11) is 0. The quantitative estimate of drug-likeness (QED) is 0.771. The molecule has 142 valence electrons. The number of hydrogen-bond acceptors (Lipinski definition) is 5. The van der Waals surface area contributed by atoms with Crippen LogP contribution in [0.4, 0.5) is 4.79 Å². The molecule has 27 heavy (non-hydrogen) atoms. The Hall–Kier alpha value is -2.45. The monoisotopic (exact) mass is 406 g/mol. The first kappa shape index (κ1) is 19.3. The zero-order chi connectivity index (χ0) is 19.4. The minimum atomic E-state index is -0.443. The van der Waals surface area contributed by atoms with Gasteiger partial charge in [-0.3, -0.25) is 14.9 Å². The van der Waals surface area contributed by atoms with E-state index in [4.69, 9.17) is 11.6 Å². The molecule has 1 aromatic heterocycles. The summed E-state index contributed by atoms with van der Waals surface area (Å²) in [5, 5.41) is 6.55. The van der Waals surface area contributed by atoms with E-state index in [2.05, 4.69) is 15.6 Å². The largest absolute Gasteiger partial charge is 0.351 e. The van der Waals surface area contributed by atoms with E-state index in [1.54, 1.807) is 0 Å². The molecule has 2 aromatic rings. The van der Waals surface area contributed by atoms with Gasteiger partial charge in [-0.1, -0.05) is 29.8 Å². The van der Waals surface area contributed by atoms with Crippen molar-refractivity contribution >= 4 is 40.8 Å². The first-order chi connectivity index (χ1) is 12.9. The lowest BCUT2D eigenvalue weighted by Gasteiger charge is -2.26. The third kappa shape index (κ3) is 4.84. The van der Waals surface area contributed by atoms with E-state index in [9.17, 15) is 14.4 Å². The smallest absolute Gasteiger partial charge is 0.324 e. The van der Waals surface area contributed by atoms with Gasteiger partial charge in [0.25, 0.3) is 0 Å². The van der Waals surface area contributed by atoms with Gasteiger partial charge in [0.2, 0.25) is 11.8 Å². The summed E-state index contributed by atoms with van der Waals surface area (Å²) in [6.45, 7) is 2.88. The molecule has 0 spiro atoms. The number of amides is 4. The minimum Gasteiger partial charge on any atom is -0.351 e. The van der Waals surface area contributed by atoms with E-state index < -0.39 is 6.03 Å². The maximum Gasteiger partial charge on any atom is 0.324 e. The minimum absolute atomic E-state index is 0.160. The van der Waals surface area contributed by atoms with Crippen molar-refractivity contribution in [2.75, 3.05) is 13.1 Å². The van der Waals surface area contributed by atoms with Crippen molar-refractivity contribution in [1.29, 1.82) is 0 Å². The summed E-state index contributed by atoms with van der Waals surface area (Å²) in [6.07, 6.45) is 0.440. The highest BCUT2D eigenvalue weighted by Crippen LogP contribution is 2.32. The highest BCUT2D eigenvalue weighted by Gasteiger charge is 2.23. The van der Waals surface area contributed by atoms with Gasteiger partial charge in [-0.2, -0.15) is 0 Å². The van der Waals surface area contributed by atoms with Crippen molar-refractivity contribution in [3.8, 4) is 10.6 Å². The number of nitrogens with zero attached hydrogens (tertiary/aromatic N) is 2. The number of aromatic nitrogens is 1. The molecule has 2 N–H and O–H groups in total. The molecule has 0 bridgehead atoms. The van der Waals surface area contributed by atoms with Gasteiger partial charge >= 0.3 is 6.03 Å². The molecule has 0 radical (unpaired) electrons. The average Bonchev–Trinajstić information content (AvgIpc) is 3.00. The van der Waals surface area contributed by atoms with Gasteiger partial charge in [0.15, 0.2) is 0 Å². The van der Waals surface area contributed by atoms with Crippen LogP contribution < -0.4 is 10.6 Å². The lowest BCUT2D eigenvalue weighted by atomic mass is 10.2. The summed E-state index contributed by atoms with van der Waals surface area (Å²) in [5.41, 5.74) is 1.72. The second-order valence-electron chi connectivity index (χ2n) is 6.12. The summed E-state index contributed by atoms with van der Waals surface area (Å²) in [5.74, 6) is -0.442. The fourth-order valence-electron chi connectivity index (χ4n) is 2.66. The highest BCUT2D eigenvalue weighted by atomic mass is 35.5. The van der Waals surface area contributed by atoms with Crippen LogP contribution in [0.3, 0.4) is 0 Å². The molecule has 1 aliphatic rings. The fourth-order valence-corrected chi connectivity index (χ4v) is 3.98. The summed E-state index contributed by atoms with van der Waals surface area (Å²) >= 11 is 7.72. The SMILES string of the molecule is Cc1nc(-c2ccccc2Cl)sc1CNC(=O)CCN1CCC(=O)NC1=O. The molecule has 0 saturated carbocycles. The van der Waals surface area contributed by atoms with E-state index in [0.717, 1.165) is 21.1 Å². The highest BCUT2D eigenvalue weighted by molar-refractivity contribution is 7.15. The summed E-state index contributed by atoms with van der Waals surface area (Å²) < 4.78 is 0. The van der Waals surface area contributed by atoms with Crippen molar-refractivity contribution < 1.29 is 14.4 Å². The molecule has 3 rings (SSSR count). The number of imide groups is 1. The van der Waals surface area contributed by atoms with Gasteiger partial charge in [0.05, 0.1) is 17.3 Å². The zero-order valence-corrected chi connectivity index (χ0v) is 16.3. The zero-order valence-electron chi connectivity index (χ0n) is 14.8. The molecule has 2 heterocycles. The summed E-state index contributed by atoms with van der Waals surface area (Å²) in [4.78, 5) is 41.8. The van der Waals surface area contributed by atoms with Gasteiger partial charge in [0, 0.05) is 36.4 Å². The Morgan fingerprint density at radius 2 is 2.15 bits per heavy atom. The second-order valence-corrected chi connectivity index (χ2v) is 7.62. The number of urea groups is 1. The Kier molecular flexibility index (Phi) is 6.08. The topological polar surface area (TPSA) is 91.4 Å². The number of carbonyl (C=O) groups excluding carboxylic acids is 3. The van der Waals surface area contributed by atoms with E-state index in [0.29, 0.717) is 18.1 Å². The van der Waals surface area contributed by atoms with Crippen molar-refractivity contribution in [1.82, 2.24) is 20.5 Å². The molecule has 1 aliphatic heterocycles. The Bertz CT molecular complexity index is 883. The lowest BCUT2D eigenvalue weighted by molar-refractivity contribution is -0.121. The van der Waals surface area contributed by atoms with Crippen LogP contribution in [0.2, 0.25) is 5.02 Å². The molecular formula is C18H19ClN4O3S. The lowest BCUT2D eigenvalue weighted by Crippen LogP contribution is -2.50.